The van der Waals surface area contributed by atoms with Gasteiger partial charge in [-0.15, -0.1) is 0 Å². The largest absolute Gasteiger partial charge is 0.479 e. The van der Waals surface area contributed by atoms with E-state index in [9.17, 15) is 5.11 Å². The molecule has 0 radical (unpaired) electrons. The van der Waals surface area contributed by atoms with Gasteiger partial charge in [0.1, 0.15) is 0 Å². The van der Waals surface area contributed by atoms with Gasteiger partial charge in [-0.05, 0) is 31.2 Å². The van der Waals surface area contributed by atoms with E-state index in [1.165, 1.54) is 6.21 Å². The molecule has 0 bridgehead atoms. The minimum atomic E-state index is -0.252. The molecule has 104 valence electrons. The lowest BCUT2D eigenvalue weighted by molar-refractivity contribution is 0.337. The van der Waals surface area contributed by atoms with Gasteiger partial charge in [-0.1, -0.05) is 17.7 Å². The summed E-state index contributed by atoms with van der Waals surface area (Å²) in [6.07, 6.45) is 4.74. The summed E-state index contributed by atoms with van der Waals surface area (Å²) in [7, 11) is 0. The third-order valence-electron chi connectivity index (χ3n) is 2.91. The molecular formula is C16H13N3O2. The number of hydrogen-bond acceptors (Lipinski definition) is 5. The van der Waals surface area contributed by atoms with Crippen LogP contribution in [0.1, 0.15) is 11.3 Å². The predicted octanol–water partition coefficient (Wildman–Crippen LogP) is 3.50. The van der Waals surface area contributed by atoms with E-state index < -0.39 is 0 Å². The predicted molar refractivity (Wildman–Crippen MR) is 79.8 cm³/mol. The van der Waals surface area contributed by atoms with Crippen molar-refractivity contribution in [3.05, 3.63) is 60.0 Å². The molecule has 0 aliphatic heterocycles. The van der Waals surface area contributed by atoms with Crippen LogP contribution in [0.2, 0.25) is 0 Å². The molecule has 0 aliphatic carbocycles. The minimum Gasteiger partial charge on any atom is -0.479 e. The number of hydrogen-bond donors (Lipinski definition) is 1. The average molecular weight is 279 g/mol. The summed E-state index contributed by atoms with van der Waals surface area (Å²) in [6.45, 7) is 2.00. The zero-order chi connectivity index (χ0) is 14.7. The van der Waals surface area contributed by atoms with Crippen molar-refractivity contribution >= 4 is 11.9 Å². The van der Waals surface area contributed by atoms with E-state index in [0.717, 1.165) is 11.1 Å². The minimum absolute atomic E-state index is 0.252. The maximum Gasteiger partial charge on any atom is 0.312 e. The molecule has 0 aliphatic rings. The van der Waals surface area contributed by atoms with Crippen molar-refractivity contribution in [2.24, 2.45) is 4.99 Å². The Labute approximate surface area is 121 Å². The number of aryl methyl sites for hydroxylation is 1. The molecule has 5 heteroatoms. The summed E-state index contributed by atoms with van der Waals surface area (Å²) in [5.41, 5.74) is 2.91. The molecule has 2 heterocycles. The lowest BCUT2D eigenvalue weighted by Crippen LogP contribution is -1.83. The fraction of sp³-hybridized carbons (Fsp3) is 0.0625. The Balaban J connectivity index is 1.88. The van der Waals surface area contributed by atoms with E-state index in [1.807, 2.05) is 37.3 Å². The summed E-state index contributed by atoms with van der Waals surface area (Å²) in [6, 6.07) is 11.3. The Kier molecular flexibility index (Phi) is 3.47. The molecule has 0 amide bonds. The smallest absolute Gasteiger partial charge is 0.312 e. The Morgan fingerprint density at radius 1 is 1.19 bits per heavy atom. The van der Waals surface area contributed by atoms with Gasteiger partial charge in [0.2, 0.25) is 5.89 Å². The van der Waals surface area contributed by atoms with Gasteiger partial charge in [-0.25, -0.2) is 4.98 Å². The number of aromatic hydroxyl groups is 1. The van der Waals surface area contributed by atoms with Crippen molar-refractivity contribution in [1.82, 2.24) is 9.97 Å². The van der Waals surface area contributed by atoms with Gasteiger partial charge in [0, 0.05) is 11.8 Å². The molecule has 3 aromatic rings. The first-order valence-electron chi connectivity index (χ1n) is 6.43. The highest BCUT2D eigenvalue weighted by Gasteiger charge is 2.12. The molecule has 3 rings (SSSR count). The number of rotatable bonds is 3. The third-order valence-corrected chi connectivity index (χ3v) is 2.91. The van der Waals surface area contributed by atoms with Gasteiger partial charge in [-0.2, -0.15) is 0 Å². The van der Waals surface area contributed by atoms with Crippen LogP contribution >= 0.6 is 0 Å². The van der Waals surface area contributed by atoms with Crippen molar-refractivity contribution < 1.29 is 9.52 Å². The number of aromatic nitrogens is 2. The second kappa shape index (κ2) is 5.58. The van der Waals surface area contributed by atoms with Crippen LogP contribution in [0.3, 0.4) is 0 Å². The molecule has 0 fully saturated rings. The van der Waals surface area contributed by atoms with Crippen molar-refractivity contribution in [3.8, 4) is 17.4 Å². The van der Waals surface area contributed by atoms with Crippen LogP contribution in [0.25, 0.3) is 11.5 Å². The van der Waals surface area contributed by atoms with E-state index in [2.05, 4.69) is 15.0 Å². The number of nitrogens with zero attached hydrogens (tertiary/aromatic N) is 3. The highest BCUT2D eigenvalue weighted by atomic mass is 16.5. The number of oxazole rings is 1. The fourth-order valence-electron chi connectivity index (χ4n) is 1.79. The molecule has 0 saturated heterocycles. The van der Waals surface area contributed by atoms with Crippen LogP contribution in [0, 0.1) is 6.92 Å². The Morgan fingerprint density at radius 2 is 2.00 bits per heavy atom. The van der Waals surface area contributed by atoms with E-state index >= 15 is 0 Å². The summed E-state index contributed by atoms with van der Waals surface area (Å²) in [5.74, 6) is 0.110. The molecular weight excluding hydrogens is 266 g/mol. The summed E-state index contributed by atoms with van der Waals surface area (Å²) in [4.78, 5) is 12.4. The average Bonchev–Trinajstić information content (AvgIpc) is 2.88. The fourth-order valence-corrected chi connectivity index (χ4v) is 1.79. The summed E-state index contributed by atoms with van der Waals surface area (Å²) < 4.78 is 5.27. The molecule has 1 aromatic carbocycles. The van der Waals surface area contributed by atoms with E-state index in [4.69, 9.17) is 4.42 Å². The first-order chi connectivity index (χ1) is 10.2. The van der Waals surface area contributed by atoms with E-state index in [-0.39, 0.29) is 11.6 Å². The molecule has 21 heavy (non-hydrogen) atoms. The van der Waals surface area contributed by atoms with Gasteiger partial charge < -0.3 is 9.52 Å². The monoisotopic (exact) mass is 279 g/mol. The molecule has 2 aromatic heterocycles. The van der Waals surface area contributed by atoms with Gasteiger partial charge in [0.25, 0.3) is 0 Å². The molecule has 5 nitrogen and oxygen atoms in total. The van der Waals surface area contributed by atoms with Gasteiger partial charge in [0.15, 0.2) is 5.69 Å². The van der Waals surface area contributed by atoms with Crippen LogP contribution < -0.4 is 0 Å². The molecule has 0 atom stereocenters. The van der Waals surface area contributed by atoms with Gasteiger partial charge in [0.05, 0.1) is 18.1 Å². The van der Waals surface area contributed by atoms with Crippen LogP contribution in [0.4, 0.5) is 5.69 Å². The third kappa shape index (κ3) is 2.97. The van der Waals surface area contributed by atoms with Crippen molar-refractivity contribution in [1.29, 1.82) is 0 Å². The van der Waals surface area contributed by atoms with Crippen LogP contribution in [0.15, 0.2) is 58.2 Å². The second-order valence-corrected chi connectivity index (χ2v) is 4.54. The lowest BCUT2D eigenvalue weighted by atomic mass is 10.1. The maximum absolute atomic E-state index is 9.79. The highest BCUT2D eigenvalue weighted by molar-refractivity contribution is 5.82. The van der Waals surface area contributed by atoms with Crippen molar-refractivity contribution in [2.75, 3.05) is 0 Å². The Bertz CT molecular complexity index is 762. The standard InChI is InChI=1S/C16H13N3O2/c1-11-4-6-12(7-5-11)15-19-14(16(20)21-15)10-18-13-3-2-8-17-9-13/h2-10,20H,1H3. The number of aliphatic imine (C=N–C) groups is 1. The zero-order valence-electron chi connectivity index (χ0n) is 11.4. The molecule has 0 spiro atoms. The number of pyridine rings is 1. The van der Waals surface area contributed by atoms with Crippen molar-refractivity contribution in [2.45, 2.75) is 6.92 Å². The SMILES string of the molecule is Cc1ccc(-c2nc(C=Nc3cccnc3)c(O)o2)cc1. The van der Waals surface area contributed by atoms with E-state index in [1.54, 1.807) is 18.5 Å². The van der Waals surface area contributed by atoms with Crippen LogP contribution in [-0.2, 0) is 0 Å². The maximum atomic E-state index is 9.79. The summed E-state index contributed by atoms with van der Waals surface area (Å²) in [5, 5.41) is 9.79. The van der Waals surface area contributed by atoms with Gasteiger partial charge in [-0.3, -0.25) is 9.98 Å². The highest BCUT2D eigenvalue weighted by Crippen LogP contribution is 2.26. The summed E-state index contributed by atoms with van der Waals surface area (Å²) >= 11 is 0. The lowest BCUT2D eigenvalue weighted by Gasteiger charge is -1.95. The zero-order valence-corrected chi connectivity index (χ0v) is 11.4. The first-order valence-corrected chi connectivity index (χ1v) is 6.43. The number of benzene rings is 1. The Hall–Kier alpha value is -2.95. The van der Waals surface area contributed by atoms with Crippen molar-refractivity contribution in [3.63, 3.8) is 0 Å². The Morgan fingerprint density at radius 3 is 2.71 bits per heavy atom. The quantitative estimate of drug-likeness (QED) is 0.745. The van der Waals surface area contributed by atoms with Crippen LogP contribution in [0.5, 0.6) is 5.95 Å². The van der Waals surface area contributed by atoms with Crippen LogP contribution in [-0.4, -0.2) is 21.3 Å². The molecule has 0 saturated carbocycles. The second-order valence-electron chi connectivity index (χ2n) is 4.54. The van der Waals surface area contributed by atoms with Gasteiger partial charge >= 0.3 is 5.95 Å². The molecule has 0 unspecified atom stereocenters. The normalized spacial score (nSPS) is 11.1. The topological polar surface area (TPSA) is 71.5 Å². The first kappa shape index (κ1) is 13.1. The molecule has 1 N–H and O–H groups in total. The van der Waals surface area contributed by atoms with E-state index in [0.29, 0.717) is 11.6 Å².